The standard InChI is InChI=1S/C12H18O3/c1-8(13)4-5-9-10(14)6-12(2,3)7-11(9)15/h9H,4-7H2,1-3H3. The van der Waals surface area contributed by atoms with E-state index >= 15 is 0 Å². The van der Waals surface area contributed by atoms with Gasteiger partial charge in [-0.05, 0) is 18.8 Å². The first-order valence-corrected chi connectivity index (χ1v) is 5.37. The van der Waals surface area contributed by atoms with Crippen LogP contribution in [0.15, 0.2) is 0 Å². The van der Waals surface area contributed by atoms with Crippen molar-refractivity contribution in [1.82, 2.24) is 0 Å². The third-order valence-corrected chi connectivity index (χ3v) is 2.87. The summed E-state index contributed by atoms with van der Waals surface area (Å²) < 4.78 is 0. The highest BCUT2D eigenvalue weighted by atomic mass is 16.2. The lowest BCUT2D eigenvalue weighted by molar-refractivity contribution is -0.139. The van der Waals surface area contributed by atoms with E-state index in [0.717, 1.165) is 0 Å². The maximum absolute atomic E-state index is 11.7. The van der Waals surface area contributed by atoms with E-state index in [1.807, 2.05) is 13.8 Å². The number of rotatable bonds is 3. The van der Waals surface area contributed by atoms with Crippen LogP contribution >= 0.6 is 0 Å². The van der Waals surface area contributed by atoms with Crippen LogP contribution < -0.4 is 0 Å². The van der Waals surface area contributed by atoms with Crippen molar-refractivity contribution < 1.29 is 14.4 Å². The third-order valence-electron chi connectivity index (χ3n) is 2.87. The van der Waals surface area contributed by atoms with Crippen LogP contribution in [-0.2, 0) is 14.4 Å². The van der Waals surface area contributed by atoms with Crippen LogP contribution in [0.1, 0.15) is 46.5 Å². The Morgan fingerprint density at radius 2 is 1.73 bits per heavy atom. The number of hydrogen-bond acceptors (Lipinski definition) is 3. The molecule has 0 aliphatic heterocycles. The summed E-state index contributed by atoms with van der Waals surface area (Å²) in [4.78, 5) is 34.2. The Hall–Kier alpha value is -0.990. The van der Waals surface area contributed by atoms with Crippen molar-refractivity contribution in [3.05, 3.63) is 0 Å². The van der Waals surface area contributed by atoms with Crippen molar-refractivity contribution in [3.8, 4) is 0 Å². The lowest BCUT2D eigenvalue weighted by atomic mass is 9.70. The highest BCUT2D eigenvalue weighted by molar-refractivity contribution is 6.05. The maximum Gasteiger partial charge on any atom is 0.143 e. The first-order valence-electron chi connectivity index (χ1n) is 5.37. The monoisotopic (exact) mass is 210 g/mol. The van der Waals surface area contributed by atoms with Gasteiger partial charge in [0, 0.05) is 19.3 Å². The van der Waals surface area contributed by atoms with Crippen LogP contribution in [-0.4, -0.2) is 17.3 Å². The zero-order valence-corrected chi connectivity index (χ0v) is 9.63. The zero-order chi connectivity index (χ0) is 11.6. The normalized spacial score (nSPS) is 21.8. The van der Waals surface area contributed by atoms with Gasteiger partial charge >= 0.3 is 0 Å². The molecule has 0 bridgehead atoms. The molecule has 1 rings (SSSR count). The molecule has 1 saturated carbocycles. The quantitative estimate of drug-likeness (QED) is 0.669. The number of ketones is 3. The summed E-state index contributed by atoms with van der Waals surface area (Å²) >= 11 is 0. The van der Waals surface area contributed by atoms with E-state index in [4.69, 9.17) is 0 Å². The molecule has 15 heavy (non-hydrogen) atoms. The fourth-order valence-electron chi connectivity index (χ4n) is 2.10. The van der Waals surface area contributed by atoms with E-state index < -0.39 is 5.92 Å². The van der Waals surface area contributed by atoms with Crippen LogP contribution in [0.2, 0.25) is 0 Å². The lowest BCUT2D eigenvalue weighted by Crippen LogP contribution is -2.37. The van der Waals surface area contributed by atoms with Gasteiger partial charge < -0.3 is 4.79 Å². The third kappa shape index (κ3) is 3.26. The molecule has 1 aliphatic rings. The van der Waals surface area contributed by atoms with Gasteiger partial charge in [0.25, 0.3) is 0 Å². The molecule has 0 spiro atoms. The lowest BCUT2D eigenvalue weighted by Gasteiger charge is -2.31. The van der Waals surface area contributed by atoms with Crippen LogP contribution in [0, 0.1) is 11.3 Å². The van der Waals surface area contributed by atoms with E-state index in [1.165, 1.54) is 6.92 Å². The maximum atomic E-state index is 11.7. The van der Waals surface area contributed by atoms with Crippen LogP contribution in [0.5, 0.6) is 0 Å². The zero-order valence-electron chi connectivity index (χ0n) is 9.63. The number of Topliss-reactive ketones (excluding diaryl/α,β-unsaturated/α-hetero) is 3. The number of carbonyl (C=O) groups excluding carboxylic acids is 3. The molecule has 1 fully saturated rings. The number of carbonyl (C=O) groups is 3. The van der Waals surface area contributed by atoms with Gasteiger partial charge in [-0.1, -0.05) is 13.8 Å². The second kappa shape index (κ2) is 4.25. The van der Waals surface area contributed by atoms with Crippen molar-refractivity contribution in [2.75, 3.05) is 0 Å². The average molecular weight is 210 g/mol. The fourth-order valence-corrected chi connectivity index (χ4v) is 2.10. The molecule has 0 atom stereocenters. The molecule has 0 aromatic heterocycles. The van der Waals surface area contributed by atoms with Gasteiger partial charge in [-0.2, -0.15) is 0 Å². The smallest absolute Gasteiger partial charge is 0.143 e. The molecule has 0 aromatic rings. The second-order valence-corrected chi connectivity index (χ2v) is 5.24. The SMILES string of the molecule is CC(=O)CCC1C(=O)CC(C)(C)CC1=O. The Bertz CT molecular complexity index is 282. The molecule has 0 heterocycles. The molecule has 84 valence electrons. The Kier molecular flexibility index (Phi) is 3.42. The first-order chi connectivity index (χ1) is 6.82. The summed E-state index contributed by atoms with van der Waals surface area (Å²) in [7, 11) is 0. The predicted octanol–water partition coefficient (Wildman–Crippen LogP) is 1.93. The van der Waals surface area contributed by atoms with E-state index in [9.17, 15) is 14.4 Å². The van der Waals surface area contributed by atoms with Crippen LogP contribution in [0.3, 0.4) is 0 Å². The second-order valence-electron chi connectivity index (χ2n) is 5.24. The molecule has 0 unspecified atom stereocenters. The van der Waals surface area contributed by atoms with Gasteiger partial charge in [0.15, 0.2) is 0 Å². The van der Waals surface area contributed by atoms with Crippen molar-refractivity contribution >= 4 is 17.3 Å². The molecule has 3 heteroatoms. The van der Waals surface area contributed by atoms with Gasteiger partial charge in [-0.3, -0.25) is 9.59 Å². The summed E-state index contributed by atoms with van der Waals surface area (Å²) in [5, 5.41) is 0. The molecule has 0 radical (unpaired) electrons. The van der Waals surface area contributed by atoms with E-state index in [2.05, 4.69) is 0 Å². The summed E-state index contributed by atoms with van der Waals surface area (Å²) in [5.41, 5.74) is -0.194. The molecular formula is C12H18O3. The van der Waals surface area contributed by atoms with Crippen molar-refractivity contribution in [2.45, 2.75) is 46.5 Å². The molecule has 0 saturated heterocycles. The highest BCUT2D eigenvalue weighted by Gasteiger charge is 2.39. The minimum absolute atomic E-state index is 0.0116. The highest BCUT2D eigenvalue weighted by Crippen LogP contribution is 2.35. The summed E-state index contributed by atoms with van der Waals surface area (Å²) in [6.45, 7) is 5.36. The van der Waals surface area contributed by atoms with Crippen LogP contribution in [0.4, 0.5) is 0 Å². The Morgan fingerprint density at radius 3 is 2.13 bits per heavy atom. The van der Waals surface area contributed by atoms with E-state index in [1.54, 1.807) is 0 Å². The fraction of sp³-hybridized carbons (Fsp3) is 0.750. The minimum atomic E-state index is -0.512. The van der Waals surface area contributed by atoms with Gasteiger partial charge in [0.05, 0.1) is 5.92 Å². The average Bonchev–Trinajstić information content (AvgIpc) is 1.98. The summed E-state index contributed by atoms with van der Waals surface area (Å²) in [6.07, 6.45) is 1.66. The topological polar surface area (TPSA) is 51.2 Å². The molecule has 1 aliphatic carbocycles. The van der Waals surface area contributed by atoms with E-state index in [0.29, 0.717) is 25.7 Å². The van der Waals surface area contributed by atoms with E-state index in [-0.39, 0.29) is 22.8 Å². The largest absolute Gasteiger partial charge is 0.300 e. The molecule has 0 N–H and O–H groups in total. The number of hydrogen-bond donors (Lipinski definition) is 0. The van der Waals surface area contributed by atoms with Crippen LogP contribution in [0.25, 0.3) is 0 Å². The predicted molar refractivity (Wildman–Crippen MR) is 56.4 cm³/mol. The molecule has 0 amide bonds. The Morgan fingerprint density at radius 1 is 1.27 bits per heavy atom. The van der Waals surface area contributed by atoms with Gasteiger partial charge in [-0.25, -0.2) is 0 Å². The van der Waals surface area contributed by atoms with Gasteiger partial charge in [0.1, 0.15) is 17.3 Å². The van der Waals surface area contributed by atoms with Crippen molar-refractivity contribution in [3.63, 3.8) is 0 Å². The molecule has 0 aromatic carbocycles. The molecule has 3 nitrogen and oxygen atoms in total. The van der Waals surface area contributed by atoms with Gasteiger partial charge in [-0.15, -0.1) is 0 Å². The molecular weight excluding hydrogens is 192 g/mol. The van der Waals surface area contributed by atoms with Crippen molar-refractivity contribution in [2.24, 2.45) is 11.3 Å². The minimum Gasteiger partial charge on any atom is -0.300 e. The Balaban J connectivity index is 2.63. The summed E-state index contributed by atoms with van der Waals surface area (Å²) in [5.74, 6) is -0.447. The summed E-state index contributed by atoms with van der Waals surface area (Å²) in [6, 6.07) is 0. The Labute approximate surface area is 90.2 Å². The van der Waals surface area contributed by atoms with Gasteiger partial charge in [0.2, 0.25) is 0 Å². The first kappa shape index (κ1) is 12.1. The van der Waals surface area contributed by atoms with Crippen molar-refractivity contribution in [1.29, 1.82) is 0 Å².